The molecule has 21 heteroatoms. The quantitative estimate of drug-likeness (QED) is 0.151. The van der Waals surface area contributed by atoms with Crippen LogP contribution < -0.4 is 0 Å². The van der Waals surface area contributed by atoms with Crippen LogP contribution in [0.4, 0.5) is 61.5 Å². The summed E-state index contributed by atoms with van der Waals surface area (Å²) < 4.78 is 201. The summed E-state index contributed by atoms with van der Waals surface area (Å²) in [6, 6.07) is 4.43. The van der Waals surface area contributed by atoms with E-state index in [0.29, 0.717) is 6.92 Å². The van der Waals surface area contributed by atoms with Crippen LogP contribution in [0, 0.1) is 110 Å². The number of nitrogens with zero attached hydrogens (tertiary/aromatic N) is 7. The van der Waals surface area contributed by atoms with E-state index in [1.165, 1.54) is 0 Å². The first-order valence-corrected chi connectivity index (χ1v) is 12.7. The number of halogens is 14. The molecule has 0 saturated heterocycles. The summed E-state index contributed by atoms with van der Waals surface area (Å²) in [7, 11) is 0. The SMILES string of the molecule is Cc1nc(C(F)(F)F)nc(C(F)(F)F)c1C(C#N)=C1C(=C(C#N)c2c(F)c(F)c(C#N)c(F)c2F)C1=C(C#N)c1c(F)c(F)c(C#N)c(F)c1F. The summed E-state index contributed by atoms with van der Waals surface area (Å²) in [6.07, 6.45) is -11.6. The highest BCUT2D eigenvalue weighted by molar-refractivity contribution is 6.12. The zero-order valence-corrected chi connectivity index (χ0v) is 23.9. The molecular formula is C30H3F14N7. The second kappa shape index (κ2) is 12.6. The number of hydrogen-bond donors (Lipinski definition) is 0. The lowest BCUT2D eigenvalue weighted by molar-refractivity contribution is -0.153. The van der Waals surface area contributed by atoms with Gasteiger partial charge in [0.1, 0.15) is 41.5 Å². The van der Waals surface area contributed by atoms with Gasteiger partial charge in [0.15, 0.2) is 52.2 Å². The summed E-state index contributed by atoms with van der Waals surface area (Å²) in [5, 5.41) is 47.5. The molecule has 7 nitrogen and oxygen atoms in total. The maximum Gasteiger partial charge on any atom is 0.451 e. The van der Waals surface area contributed by atoms with Gasteiger partial charge in [0.25, 0.3) is 0 Å². The van der Waals surface area contributed by atoms with E-state index in [-0.39, 0.29) is 0 Å². The zero-order valence-electron chi connectivity index (χ0n) is 23.9. The van der Waals surface area contributed by atoms with E-state index in [1.807, 2.05) is 0 Å². The molecule has 1 aliphatic rings. The number of allylic oxidation sites excluding steroid dienone is 6. The summed E-state index contributed by atoms with van der Waals surface area (Å²) in [5.41, 5.74) is -23.1. The van der Waals surface area contributed by atoms with Gasteiger partial charge in [-0.1, -0.05) is 0 Å². The molecule has 1 fully saturated rings. The Labute approximate surface area is 272 Å². The number of aromatic nitrogens is 2. The Morgan fingerprint density at radius 2 is 0.784 bits per heavy atom. The fourth-order valence-electron chi connectivity index (χ4n) is 4.75. The Kier molecular flexibility index (Phi) is 9.14. The molecule has 4 rings (SSSR count). The zero-order chi connectivity index (χ0) is 38.7. The molecule has 0 spiro atoms. The minimum Gasteiger partial charge on any atom is -0.229 e. The summed E-state index contributed by atoms with van der Waals surface area (Å²) >= 11 is 0. The molecule has 3 aromatic rings. The average molecular weight is 727 g/mol. The van der Waals surface area contributed by atoms with E-state index in [9.17, 15) is 59.7 Å². The second-order valence-corrected chi connectivity index (χ2v) is 9.67. The number of nitriles is 5. The van der Waals surface area contributed by atoms with E-state index >= 15 is 17.6 Å². The smallest absolute Gasteiger partial charge is 0.229 e. The highest BCUT2D eigenvalue weighted by Gasteiger charge is 2.48. The van der Waals surface area contributed by atoms with Gasteiger partial charge in [0.05, 0.1) is 33.5 Å². The molecule has 51 heavy (non-hydrogen) atoms. The van der Waals surface area contributed by atoms with Gasteiger partial charge in [0.2, 0.25) is 5.82 Å². The van der Waals surface area contributed by atoms with E-state index in [1.54, 1.807) is 0 Å². The lowest BCUT2D eigenvalue weighted by Crippen LogP contribution is -2.20. The van der Waals surface area contributed by atoms with Gasteiger partial charge >= 0.3 is 12.4 Å². The number of aryl methyl sites for hydroxylation is 1. The molecule has 0 unspecified atom stereocenters. The molecule has 0 aliphatic heterocycles. The first-order valence-electron chi connectivity index (χ1n) is 12.7. The monoisotopic (exact) mass is 727 g/mol. The van der Waals surface area contributed by atoms with Gasteiger partial charge in [-0.25, -0.2) is 45.1 Å². The minimum atomic E-state index is -5.92. The van der Waals surface area contributed by atoms with E-state index in [4.69, 9.17) is 10.5 Å². The third-order valence-corrected chi connectivity index (χ3v) is 6.89. The van der Waals surface area contributed by atoms with Crippen LogP contribution >= 0.6 is 0 Å². The van der Waals surface area contributed by atoms with Crippen molar-refractivity contribution in [2.75, 3.05) is 0 Å². The van der Waals surface area contributed by atoms with Gasteiger partial charge in [-0.3, -0.25) is 0 Å². The molecule has 0 bridgehead atoms. The van der Waals surface area contributed by atoms with Crippen molar-refractivity contribution in [2.24, 2.45) is 0 Å². The Morgan fingerprint density at radius 3 is 1.04 bits per heavy atom. The predicted molar refractivity (Wildman–Crippen MR) is 136 cm³/mol. The normalized spacial score (nSPS) is 14.5. The van der Waals surface area contributed by atoms with Gasteiger partial charge < -0.3 is 0 Å². The molecule has 2 aromatic carbocycles. The summed E-state index contributed by atoms with van der Waals surface area (Å²) in [5.74, 6) is -22.6. The highest BCUT2D eigenvalue weighted by Crippen LogP contribution is 2.57. The largest absolute Gasteiger partial charge is 0.451 e. The Bertz CT molecular complexity index is 2260. The lowest BCUT2D eigenvalue weighted by Gasteiger charge is -2.16. The summed E-state index contributed by atoms with van der Waals surface area (Å²) in [6.45, 7) is 0.445. The number of rotatable bonds is 3. The Morgan fingerprint density at radius 1 is 0.471 bits per heavy atom. The molecular weight excluding hydrogens is 724 g/mol. The predicted octanol–water partition coefficient (Wildman–Crippen LogP) is 7.92. The van der Waals surface area contributed by atoms with Crippen molar-refractivity contribution in [1.29, 1.82) is 26.3 Å². The lowest BCUT2D eigenvalue weighted by atomic mass is 9.99. The van der Waals surface area contributed by atoms with Crippen molar-refractivity contribution in [3.8, 4) is 30.3 Å². The van der Waals surface area contributed by atoms with Crippen LogP contribution in [0.2, 0.25) is 0 Å². The first-order chi connectivity index (χ1) is 23.6. The van der Waals surface area contributed by atoms with Gasteiger partial charge in [-0.15, -0.1) is 0 Å². The summed E-state index contributed by atoms with van der Waals surface area (Å²) in [4.78, 5) is 5.24. The van der Waals surface area contributed by atoms with E-state index < -0.39 is 137 Å². The van der Waals surface area contributed by atoms with Crippen molar-refractivity contribution in [1.82, 2.24) is 9.97 Å². The van der Waals surface area contributed by atoms with Gasteiger partial charge in [-0.2, -0.15) is 52.7 Å². The standard InChI is InChI=1S/C30H3F14N7/c1-7-13(27(29(39,40)41)51-28(50-7)30(42,43)44)8(2-45)14-15(9(3-46)17-23(35)19(31)11(5-48)20(32)24(17)36)16(14)10(4-47)18-25(37)21(33)12(6-49)22(34)26(18)38/h1H3. The molecule has 1 aromatic heterocycles. The van der Waals surface area contributed by atoms with Crippen LogP contribution in [0.15, 0.2) is 16.7 Å². The van der Waals surface area contributed by atoms with Crippen LogP contribution in [-0.4, -0.2) is 9.97 Å². The fraction of sp³-hybridized carbons (Fsp3) is 0.100. The van der Waals surface area contributed by atoms with Crippen LogP contribution in [0.25, 0.3) is 16.7 Å². The van der Waals surface area contributed by atoms with Crippen LogP contribution in [0.5, 0.6) is 0 Å². The molecule has 0 N–H and O–H groups in total. The third kappa shape index (κ3) is 5.73. The van der Waals surface area contributed by atoms with Crippen LogP contribution in [0.3, 0.4) is 0 Å². The van der Waals surface area contributed by atoms with Gasteiger partial charge in [-0.05, 0) is 6.92 Å². The van der Waals surface area contributed by atoms with E-state index in [0.717, 1.165) is 30.3 Å². The Balaban J connectivity index is 2.38. The maximum absolute atomic E-state index is 15.1. The van der Waals surface area contributed by atoms with Crippen molar-refractivity contribution in [3.63, 3.8) is 0 Å². The Hall–Kier alpha value is -6.79. The van der Waals surface area contributed by atoms with Crippen molar-refractivity contribution < 1.29 is 61.5 Å². The van der Waals surface area contributed by atoms with Crippen molar-refractivity contribution >= 4 is 16.7 Å². The molecule has 1 aliphatic carbocycles. The van der Waals surface area contributed by atoms with Crippen LogP contribution in [-0.2, 0) is 12.4 Å². The second-order valence-electron chi connectivity index (χ2n) is 9.67. The van der Waals surface area contributed by atoms with Crippen LogP contribution in [0.1, 0.15) is 45.0 Å². The van der Waals surface area contributed by atoms with Gasteiger partial charge in [0, 0.05) is 22.3 Å². The molecule has 256 valence electrons. The molecule has 0 atom stereocenters. The van der Waals surface area contributed by atoms with Crippen molar-refractivity contribution in [3.05, 3.63) is 108 Å². The van der Waals surface area contributed by atoms with Crippen molar-refractivity contribution in [2.45, 2.75) is 19.3 Å². The number of benzene rings is 2. The topological polar surface area (TPSA) is 145 Å². The third-order valence-electron chi connectivity index (χ3n) is 6.89. The minimum absolute atomic E-state index is 0.445. The molecule has 1 saturated carbocycles. The highest BCUT2D eigenvalue weighted by atomic mass is 19.4. The molecule has 0 radical (unpaired) electrons. The molecule has 0 amide bonds. The maximum atomic E-state index is 15.1. The number of hydrogen-bond acceptors (Lipinski definition) is 7. The first kappa shape index (κ1) is 37.0. The van der Waals surface area contributed by atoms with E-state index in [2.05, 4.69) is 9.97 Å². The number of alkyl halides is 6. The average Bonchev–Trinajstić information content (AvgIpc) is 3.77. The fourth-order valence-corrected chi connectivity index (χ4v) is 4.75. The molecule has 1 heterocycles.